The number of para-hydroxylation sites is 1. The van der Waals surface area contributed by atoms with Gasteiger partial charge in [-0.05, 0) is 36.4 Å². The lowest BCUT2D eigenvalue weighted by Crippen LogP contribution is -2.48. The number of halogens is 2. The van der Waals surface area contributed by atoms with Crippen molar-refractivity contribution in [2.45, 2.75) is 4.90 Å². The molecule has 4 nitrogen and oxygen atoms in total. The van der Waals surface area contributed by atoms with Crippen LogP contribution in [0.25, 0.3) is 0 Å². The van der Waals surface area contributed by atoms with Crippen molar-refractivity contribution in [3.05, 3.63) is 58.6 Å². The lowest BCUT2D eigenvalue weighted by molar-refractivity contribution is 0.385. The SMILES string of the molecule is O=S(=O)(c1ccc(Cl)cc1)N1CCN(c2ccccc2Cl)CC1. The number of nitrogens with zero attached hydrogens (tertiary/aromatic N) is 2. The quantitative estimate of drug-likeness (QED) is 0.829. The molecule has 3 rings (SSSR count). The highest BCUT2D eigenvalue weighted by molar-refractivity contribution is 7.89. The molecule has 7 heteroatoms. The number of piperazine rings is 1. The molecule has 0 aliphatic carbocycles. The highest BCUT2D eigenvalue weighted by Crippen LogP contribution is 2.27. The third kappa shape index (κ3) is 3.48. The van der Waals surface area contributed by atoms with Crippen LogP contribution < -0.4 is 4.90 Å². The summed E-state index contributed by atoms with van der Waals surface area (Å²) in [4.78, 5) is 2.38. The van der Waals surface area contributed by atoms with Crippen LogP contribution in [0.15, 0.2) is 53.4 Å². The van der Waals surface area contributed by atoms with Gasteiger partial charge < -0.3 is 4.90 Å². The van der Waals surface area contributed by atoms with Gasteiger partial charge in [-0.1, -0.05) is 35.3 Å². The highest BCUT2D eigenvalue weighted by atomic mass is 35.5. The predicted molar refractivity (Wildman–Crippen MR) is 93.9 cm³/mol. The highest BCUT2D eigenvalue weighted by Gasteiger charge is 2.28. The van der Waals surface area contributed by atoms with E-state index in [0.29, 0.717) is 36.2 Å². The third-order valence-electron chi connectivity index (χ3n) is 3.88. The summed E-state index contributed by atoms with van der Waals surface area (Å²) < 4.78 is 26.8. The maximum atomic E-state index is 12.6. The van der Waals surface area contributed by atoms with Crippen LogP contribution >= 0.6 is 23.2 Å². The molecule has 0 bridgehead atoms. The van der Waals surface area contributed by atoms with Crippen LogP contribution in [0.4, 0.5) is 5.69 Å². The molecule has 1 heterocycles. The van der Waals surface area contributed by atoms with Crippen molar-refractivity contribution < 1.29 is 8.42 Å². The number of hydrogen-bond acceptors (Lipinski definition) is 3. The van der Waals surface area contributed by atoms with Crippen LogP contribution in [0.1, 0.15) is 0 Å². The summed E-state index contributed by atoms with van der Waals surface area (Å²) >= 11 is 12.0. The van der Waals surface area contributed by atoms with Crippen molar-refractivity contribution in [3.8, 4) is 0 Å². The first kappa shape index (κ1) is 16.6. The molecular formula is C16H16Cl2N2O2S. The minimum absolute atomic E-state index is 0.271. The molecule has 1 aliphatic rings. The minimum Gasteiger partial charge on any atom is -0.368 e. The van der Waals surface area contributed by atoms with Crippen molar-refractivity contribution in [2.24, 2.45) is 0 Å². The van der Waals surface area contributed by atoms with Gasteiger partial charge >= 0.3 is 0 Å². The zero-order valence-electron chi connectivity index (χ0n) is 12.3. The molecule has 122 valence electrons. The van der Waals surface area contributed by atoms with E-state index in [9.17, 15) is 8.42 Å². The molecule has 1 saturated heterocycles. The molecule has 0 N–H and O–H groups in total. The predicted octanol–water partition coefficient (Wildman–Crippen LogP) is 3.50. The fraction of sp³-hybridized carbons (Fsp3) is 0.250. The normalized spacial score (nSPS) is 16.5. The van der Waals surface area contributed by atoms with Crippen LogP contribution in [-0.4, -0.2) is 38.9 Å². The molecule has 0 atom stereocenters. The molecule has 0 saturated carbocycles. The number of sulfonamides is 1. The van der Waals surface area contributed by atoms with E-state index in [-0.39, 0.29) is 4.90 Å². The van der Waals surface area contributed by atoms with Crippen LogP contribution in [0.2, 0.25) is 10.0 Å². The first-order valence-corrected chi connectivity index (χ1v) is 9.43. The standard InChI is InChI=1S/C16H16Cl2N2O2S/c17-13-5-7-14(8-6-13)23(21,22)20-11-9-19(10-12-20)16-4-2-1-3-15(16)18/h1-8H,9-12H2. The molecule has 23 heavy (non-hydrogen) atoms. The molecule has 2 aromatic carbocycles. The fourth-order valence-corrected chi connectivity index (χ4v) is 4.44. The summed E-state index contributed by atoms with van der Waals surface area (Å²) in [6.07, 6.45) is 0. The van der Waals surface area contributed by atoms with Crippen molar-refractivity contribution in [1.82, 2.24) is 4.31 Å². The molecule has 0 amide bonds. The Hall–Kier alpha value is -1.27. The second-order valence-corrected chi connectivity index (χ2v) is 8.08. The van der Waals surface area contributed by atoms with Gasteiger partial charge in [-0.15, -0.1) is 0 Å². The number of rotatable bonds is 3. The van der Waals surface area contributed by atoms with Gasteiger partial charge in [0.15, 0.2) is 0 Å². The first-order valence-electron chi connectivity index (χ1n) is 7.24. The summed E-state index contributed by atoms with van der Waals surface area (Å²) in [7, 11) is -3.48. The smallest absolute Gasteiger partial charge is 0.243 e. The van der Waals surface area contributed by atoms with Gasteiger partial charge in [-0.25, -0.2) is 8.42 Å². The largest absolute Gasteiger partial charge is 0.368 e. The molecule has 0 unspecified atom stereocenters. The van der Waals surface area contributed by atoms with E-state index in [2.05, 4.69) is 4.90 Å². The van der Waals surface area contributed by atoms with Crippen molar-refractivity contribution in [2.75, 3.05) is 31.1 Å². The van der Waals surface area contributed by atoms with Gasteiger partial charge in [-0.3, -0.25) is 0 Å². The van der Waals surface area contributed by atoms with Gasteiger partial charge in [0.05, 0.1) is 15.6 Å². The van der Waals surface area contributed by atoms with Crippen molar-refractivity contribution in [1.29, 1.82) is 0 Å². The molecule has 1 aliphatic heterocycles. The van der Waals surface area contributed by atoms with E-state index in [1.165, 1.54) is 16.4 Å². The van der Waals surface area contributed by atoms with E-state index < -0.39 is 10.0 Å². The van der Waals surface area contributed by atoms with E-state index >= 15 is 0 Å². The summed E-state index contributed by atoms with van der Waals surface area (Å²) in [5.41, 5.74) is 0.942. The van der Waals surface area contributed by atoms with E-state index in [4.69, 9.17) is 23.2 Å². The molecule has 0 aromatic heterocycles. The number of hydrogen-bond donors (Lipinski definition) is 0. The molecule has 1 fully saturated rings. The average Bonchev–Trinajstić information content (AvgIpc) is 2.56. The Kier molecular flexibility index (Phi) is 4.82. The monoisotopic (exact) mass is 370 g/mol. The van der Waals surface area contributed by atoms with Crippen LogP contribution in [0.3, 0.4) is 0 Å². The van der Waals surface area contributed by atoms with Gasteiger partial charge in [-0.2, -0.15) is 4.31 Å². The Balaban J connectivity index is 1.74. The Morgan fingerprint density at radius 3 is 2.04 bits per heavy atom. The molecule has 0 radical (unpaired) electrons. The maximum Gasteiger partial charge on any atom is 0.243 e. The van der Waals surface area contributed by atoms with Gasteiger partial charge in [0, 0.05) is 31.2 Å². The fourth-order valence-electron chi connectivity index (χ4n) is 2.63. The Labute approximate surface area is 146 Å². The summed E-state index contributed by atoms with van der Waals surface area (Å²) in [6, 6.07) is 13.9. The van der Waals surface area contributed by atoms with Gasteiger partial charge in [0.2, 0.25) is 10.0 Å². The van der Waals surface area contributed by atoms with Gasteiger partial charge in [0.25, 0.3) is 0 Å². The summed E-state index contributed by atoms with van der Waals surface area (Å²) in [5, 5.41) is 1.20. The van der Waals surface area contributed by atoms with E-state index in [1.807, 2.05) is 24.3 Å². The number of anilines is 1. The minimum atomic E-state index is -3.48. The molecule has 2 aromatic rings. The van der Waals surface area contributed by atoms with E-state index in [1.54, 1.807) is 12.1 Å². The first-order chi connectivity index (χ1) is 11.0. The lowest BCUT2D eigenvalue weighted by Gasteiger charge is -2.35. The van der Waals surface area contributed by atoms with Crippen LogP contribution in [-0.2, 0) is 10.0 Å². The third-order valence-corrected chi connectivity index (χ3v) is 6.37. The van der Waals surface area contributed by atoms with Crippen LogP contribution in [0.5, 0.6) is 0 Å². The second kappa shape index (κ2) is 6.69. The average molecular weight is 371 g/mol. The maximum absolute atomic E-state index is 12.6. The lowest BCUT2D eigenvalue weighted by atomic mass is 10.2. The summed E-state index contributed by atoms with van der Waals surface area (Å²) in [5.74, 6) is 0. The number of benzene rings is 2. The molecule has 0 spiro atoms. The Morgan fingerprint density at radius 2 is 1.43 bits per heavy atom. The van der Waals surface area contributed by atoms with Gasteiger partial charge in [0.1, 0.15) is 0 Å². The van der Waals surface area contributed by atoms with E-state index in [0.717, 1.165) is 5.69 Å². The van der Waals surface area contributed by atoms with Crippen molar-refractivity contribution in [3.63, 3.8) is 0 Å². The summed E-state index contributed by atoms with van der Waals surface area (Å²) in [6.45, 7) is 2.07. The Morgan fingerprint density at radius 1 is 0.826 bits per heavy atom. The zero-order valence-corrected chi connectivity index (χ0v) is 14.7. The zero-order chi connectivity index (χ0) is 16.4. The second-order valence-electron chi connectivity index (χ2n) is 5.30. The molecular weight excluding hydrogens is 355 g/mol. The Bertz CT molecular complexity index is 786. The van der Waals surface area contributed by atoms with Crippen LogP contribution in [0, 0.1) is 0 Å². The van der Waals surface area contributed by atoms with Crippen molar-refractivity contribution >= 4 is 38.9 Å². The topological polar surface area (TPSA) is 40.6 Å².